The minimum Gasteiger partial charge on any atom is -0.419 e. The third-order valence-electron chi connectivity index (χ3n) is 4.90. The van der Waals surface area contributed by atoms with Crippen molar-refractivity contribution in [1.29, 1.82) is 0 Å². The average molecular weight is 409 g/mol. The third-order valence-corrected chi connectivity index (χ3v) is 5.16. The van der Waals surface area contributed by atoms with Crippen molar-refractivity contribution in [1.82, 2.24) is 30.1 Å². The Bertz CT molecular complexity index is 1220. The molecule has 0 atom stereocenters. The summed E-state index contributed by atoms with van der Waals surface area (Å²) in [4.78, 5) is 14.9. The highest BCUT2D eigenvalue weighted by molar-refractivity contribution is 6.30. The molecule has 5 rings (SSSR count). The lowest BCUT2D eigenvalue weighted by Gasteiger charge is -2.20. The molecule has 0 amide bonds. The fourth-order valence-corrected chi connectivity index (χ4v) is 3.35. The lowest BCUT2D eigenvalue weighted by Crippen LogP contribution is -2.35. The van der Waals surface area contributed by atoms with Crippen molar-refractivity contribution in [3.63, 3.8) is 0 Å². The van der Waals surface area contributed by atoms with Gasteiger partial charge in [-0.3, -0.25) is 9.69 Å². The molecule has 1 fully saturated rings. The summed E-state index contributed by atoms with van der Waals surface area (Å²) < 4.78 is 7.21. The van der Waals surface area contributed by atoms with E-state index in [1.165, 1.54) is 4.68 Å². The molecule has 9 heteroatoms. The molecule has 0 unspecified atom stereocenters. The molecule has 1 aliphatic rings. The summed E-state index contributed by atoms with van der Waals surface area (Å²) in [7, 11) is 0. The molecule has 0 bridgehead atoms. The van der Waals surface area contributed by atoms with Gasteiger partial charge in [0.25, 0.3) is 5.56 Å². The summed E-state index contributed by atoms with van der Waals surface area (Å²) in [6, 6.07) is 14.8. The molecule has 29 heavy (non-hydrogen) atoms. The largest absolute Gasteiger partial charge is 0.419 e. The van der Waals surface area contributed by atoms with Gasteiger partial charge in [0.2, 0.25) is 11.8 Å². The van der Waals surface area contributed by atoms with Gasteiger partial charge in [0.05, 0.1) is 18.6 Å². The van der Waals surface area contributed by atoms with Crippen molar-refractivity contribution in [3.05, 3.63) is 69.8 Å². The fourth-order valence-electron chi connectivity index (χ4n) is 3.22. The van der Waals surface area contributed by atoms with Crippen LogP contribution in [0.3, 0.4) is 0 Å². The van der Waals surface area contributed by atoms with E-state index in [0.29, 0.717) is 47.0 Å². The first-order valence-corrected chi connectivity index (χ1v) is 9.70. The third kappa shape index (κ3) is 3.76. The van der Waals surface area contributed by atoms with Gasteiger partial charge in [-0.25, -0.2) is 0 Å². The molecule has 2 aromatic heterocycles. The molecule has 2 aromatic carbocycles. The Labute approximate surface area is 170 Å². The van der Waals surface area contributed by atoms with Gasteiger partial charge < -0.3 is 4.42 Å². The first kappa shape index (κ1) is 18.0. The van der Waals surface area contributed by atoms with Gasteiger partial charge in [0.15, 0.2) is 0 Å². The zero-order chi connectivity index (χ0) is 19.8. The van der Waals surface area contributed by atoms with Gasteiger partial charge in [-0.15, -0.1) is 15.3 Å². The molecule has 0 radical (unpaired) electrons. The molecule has 1 aliphatic carbocycles. The minimum absolute atomic E-state index is 0.159. The van der Waals surface area contributed by atoms with Gasteiger partial charge in [-0.2, -0.15) is 4.68 Å². The Morgan fingerprint density at radius 2 is 1.86 bits per heavy atom. The van der Waals surface area contributed by atoms with Crippen LogP contribution in [-0.2, 0) is 13.2 Å². The zero-order valence-electron chi connectivity index (χ0n) is 15.4. The Kier molecular flexibility index (Phi) is 4.57. The molecular formula is C20H17ClN6O2. The smallest absolute Gasteiger partial charge is 0.278 e. The van der Waals surface area contributed by atoms with Crippen LogP contribution in [0.4, 0.5) is 0 Å². The van der Waals surface area contributed by atoms with Crippen molar-refractivity contribution in [2.75, 3.05) is 0 Å². The van der Waals surface area contributed by atoms with E-state index in [1.807, 2.05) is 24.3 Å². The van der Waals surface area contributed by atoms with E-state index in [0.717, 1.165) is 18.4 Å². The molecule has 0 aliphatic heterocycles. The van der Waals surface area contributed by atoms with Crippen molar-refractivity contribution < 1.29 is 4.42 Å². The summed E-state index contributed by atoms with van der Waals surface area (Å²) in [5.74, 6) is 0.929. The lowest BCUT2D eigenvalue weighted by atomic mass is 10.2. The number of nitrogens with zero attached hydrogens (tertiary/aromatic N) is 6. The minimum atomic E-state index is -0.159. The summed E-state index contributed by atoms with van der Waals surface area (Å²) in [6.07, 6.45) is 2.13. The number of aromatic nitrogens is 5. The molecule has 0 N–H and O–H groups in total. The maximum Gasteiger partial charge on any atom is 0.278 e. The van der Waals surface area contributed by atoms with Crippen LogP contribution in [0, 0.1) is 0 Å². The van der Waals surface area contributed by atoms with E-state index in [2.05, 4.69) is 25.4 Å². The number of hydrogen-bond donors (Lipinski definition) is 0. The number of benzene rings is 2. The van der Waals surface area contributed by atoms with Gasteiger partial charge in [-0.05, 0) is 49.2 Å². The van der Waals surface area contributed by atoms with E-state index < -0.39 is 0 Å². The Morgan fingerprint density at radius 3 is 2.66 bits per heavy atom. The van der Waals surface area contributed by atoms with Crippen LogP contribution in [0.2, 0.25) is 5.02 Å². The van der Waals surface area contributed by atoms with Crippen LogP contribution in [0.25, 0.3) is 22.4 Å². The molecule has 1 saturated carbocycles. The predicted molar refractivity (Wildman–Crippen MR) is 107 cm³/mol. The zero-order valence-corrected chi connectivity index (χ0v) is 16.2. The Hall–Kier alpha value is -3.10. The molecule has 2 heterocycles. The van der Waals surface area contributed by atoms with Crippen molar-refractivity contribution in [3.8, 4) is 11.5 Å². The molecule has 4 aromatic rings. The molecule has 0 spiro atoms. The topological polar surface area (TPSA) is 89.9 Å². The van der Waals surface area contributed by atoms with E-state index in [-0.39, 0.29) is 5.56 Å². The quantitative estimate of drug-likeness (QED) is 0.484. The Balaban J connectivity index is 1.37. The summed E-state index contributed by atoms with van der Waals surface area (Å²) in [6.45, 7) is 0.756. The highest BCUT2D eigenvalue weighted by Crippen LogP contribution is 2.29. The molecule has 0 saturated heterocycles. The highest BCUT2D eigenvalue weighted by atomic mass is 35.5. The van der Waals surface area contributed by atoms with Crippen LogP contribution in [0.5, 0.6) is 0 Å². The SMILES string of the molecule is O=c1c2ccccc2nnn1CN(Cc1nnc(-c2ccc(Cl)cc2)o1)C1CC1. The number of rotatable bonds is 6. The highest BCUT2D eigenvalue weighted by Gasteiger charge is 2.31. The predicted octanol–water partition coefficient (Wildman–Crippen LogP) is 3.12. The standard InChI is InChI=1S/C20H17ClN6O2/c21-14-7-5-13(6-8-14)19-24-23-18(29-19)11-26(15-9-10-15)12-27-20(28)16-3-1-2-4-17(16)22-25-27/h1-8,15H,9-12H2. The number of fused-ring (bicyclic) bond motifs is 1. The maximum absolute atomic E-state index is 12.7. The molecular weight excluding hydrogens is 392 g/mol. The first-order valence-electron chi connectivity index (χ1n) is 9.32. The lowest BCUT2D eigenvalue weighted by molar-refractivity contribution is 0.165. The van der Waals surface area contributed by atoms with Crippen LogP contribution < -0.4 is 5.56 Å². The second-order valence-electron chi connectivity index (χ2n) is 7.04. The fraction of sp³-hybridized carbons (Fsp3) is 0.250. The molecule has 146 valence electrons. The first-order chi connectivity index (χ1) is 14.2. The second kappa shape index (κ2) is 7.38. The van der Waals surface area contributed by atoms with Crippen molar-refractivity contribution in [2.24, 2.45) is 0 Å². The van der Waals surface area contributed by atoms with E-state index >= 15 is 0 Å². The number of hydrogen-bond acceptors (Lipinski definition) is 7. The van der Waals surface area contributed by atoms with E-state index in [1.54, 1.807) is 24.3 Å². The van der Waals surface area contributed by atoms with Gasteiger partial charge >= 0.3 is 0 Å². The normalized spacial score (nSPS) is 14.0. The summed E-state index contributed by atoms with van der Waals surface area (Å²) in [5.41, 5.74) is 1.24. The summed E-state index contributed by atoms with van der Waals surface area (Å²) >= 11 is 5.93. The average Bonchev–Trinajstić information content (AvgIpc) is 3.49. The van der Waals surface area contributed by atoms with Gasteiger partial charge in [0, 0.05) is 16.6 Å². The maximum atomic E-state index is 12.7. The van der Waals surface area contributed by atoms with Gasteiger partial charge in [0.1, 0.15) is 5.52 Å². The van der Waals surface area contributed by atoms with Crippen molar-refractivity contribution in [2.45, 2.75) is 32.1 Å². The number of halogens is 1. The van der Waals surface area contributed by atoms with Crippen LogP contribution in [-0.4, -0.2) is 36.1 Å². The van der Waals surface area contributed by atoms with Gasteiger partial charge in [-0.1, -0.05) is 28.9 Å². The monoisotopic (exact) mass is 408 g/mol. The summed E-state index contributed by atoms with van der Waals surface area (Å²) in [5, 5.41) is 17.7. The molecule has 8 nitrogen and oxygen atoms in total. The van der Waals surface area contributed by atoms with E-state index in [4.69, 9.17) is 16.0 Å². The second-order valence-corrected chi connectivity index (χ2v) is 7.48. The van der Waals surface area contributed by atoms with Crippen LogP contribution in [0.1, 0.15) is 18.7 Å². The van der Waals surface area contributed by atoms with Crippen LogP contribution in [0.15, 0.2) is 57.7 Å². The van der Waals surface area contributed by atoms with E-state index in [9.17, 15) is 4.79 Å². The van der Waals surface area contributed by atoms with Crippen LogP contribution >= 0.6 is 11.6 Å². The van der Waals surface area contributed by atoms with Crippen molar-refractivity contribution >= 4 is 22.5 Å². The Morgan fingerprint density at radius 1 is 1.07 bits per heavy atom.